The molecule has 0 spiro atoms. The predicted octanol–water partition coefficient (Wildman–Crippen LogP) is 8.93. The van der Waals surface area contributed by atoms with Gasteiger partial charge in [0.25, 0.3) is 0 Å². The van der Waals surface area contributed by atoms with Crippen LogP contribution in [-0.4, -0.2) is 17.3 Å². The van der Waals surface area contributed by atoms with Crippen LogP contribution in [0.2, 0.25) is 0 Å². The summed E-state index contributed by atoms with van der Waals surface area (Å²) >= 11 is 1.96. The van der Waals surface area contributed by atoms with E-state index in [4.69, 9.17) is 4.74 Å². The second kappa shape index (κ2) is 14.3. The Morgan fingerprint density at radius 3 is 2.03 bits per heavy atom. The normalized spacial score (nSPS) is 11.7. The Labute approximate surface area is 220 Å². The second-order valence-corrected chi connectivity index (χ2v) is 9.85. The molecule has 0 N–H and O–H groups in total. The first-order valence-electron chi connectivity index (χ1n) is 12.9. The molecule has 3 heteroatoms. The molecule has 2 nitrogen and oxygen atoms in total. The molecule has 0 aliphatic heterocycles. The lowest BCUT2D eigenvalue weighted by Gasteiger charge is -2.17. The van der Waals surface area contributed by atoms with Crippen LogP contribution in [0.3, 0.4) is 0 Å². The molecule has 4 aromatic rings. The van der Waals surface area contributed by atoms with Crippen LogP contribution in [0.4, 0.5) is 0 Å². The van der Waals surface area contributed by atoms with Crippen LogP contribution in [0.25, 0.3) is 11.1 Å². The Kier molecular flexibility index (Phi) is 10.2. The third-order valence-electron chi connectivity index (χ3n) is 6.16. The highest BCUT2D eigenvalue weighted by atomic mass is 32.2. The first-order valence-corrected chi connectivity index (χ1v) is 14.1. The average molecular weight is 494 g/mol. The van der Waals surface area contributed by atoms with Gasteiger partial charge in [0, 0.05) is 11.9 Å². The third kappa shape index (κ3) is 7.60. The van der Waals surface area contributed by atoms with Crippen LogP contribution in [-0.2, 0) is 5.75 Å². The number of benzene rings is 3. The summed E-state index contributed by atoms with van der Waals surface area (Å²) in [4.78, 5) is 4.38. The fourth-order valence-electron chi connectivity index (χ4n) is 4.34. The molecule has 0 radical (unpaired) electrons. The number of rotatable bonds is 13. The molecule has 184 valence electrons. The van der Waals surface area contributed by atoms with Crippen LogP contribution in [0, 0.1) is 0 Å². The highest BCUT2D eigenvalue weighted by molar-refractivity contribution is 7.98. The Bertz CT molecular complexity index is 1190. The van der Waals surface area contributed by atoms with Gasteiger partial charge in [-0.15, -0.1) is 0 Å². The van der Waals surface area contributed by atoms with E-state index < -0.39 is 0 Å². The SMILES string of the molecule is CCC(=C(c1ccccc1)c1ccc(OCCCCCSCc2ccccn2)cc1)c1ccccc1. The Balaban J connectivity index is 1.32. The minimum absolute atomic E-state index is 0.760. The summed E-state index contributed by atoms with van der Waals surface area (Å²) in [6.07, 6.45) is 6.31. The zero-order valence-electron chi connectivity index (χ0n) is 21.1. The molecule has 4 rings (SSSR count). The molecule has 0 unspecified atom stereocenters. The van der Waals surface area contributed by atoms with Gasteiger partial charge >= 0.3 is 0 Å². The lowest BCUT2D eigenvalue weighted by Crippen LogP contribution is -1.99. The molecule has 0 bridgehead atoms. The van der Waals surface area contributed by atoms with Gasteiger partial charge in [0.1, 0.15) is 5.75 Å². The van der Waals surface area contributed by atoms with Crippen LogP contribution in [0.1, 0.15) is 55.0 Å². The highest BCUT2D eigenvalue weighted by Gasteiger charge is 2.13. The first-order chi connectivity index (χ1) is 17.8. The smallest absolute Gasteiger partial charge is 0.119 e. The molecule has 0 aliphatic carbocycles. The maximum atomic E-state index is 6.06. The number of thioether (sulfide) groups is 1. The van der Waals surface area contributed by atoms with Crippen LogP contribution < -0.4 is 4.74 Å². The van der Waals surface area contributed by atoms with Gasteiger partial charge < -0.3 is 4.74 Å². The summed E-state index contributed by atoms with van der Waals surface area (Å²) in [7, 11) is 0. The average Bonchev–Trinajstić information content (AvgIpc) is 2.95. The fourth-order valence-corrected chi connectivity index (χ4v) is 5.27. The predicted molar refractivity (Wildman–Crippen MR) is 155 cm³/mol. The molecule has 3 aromatic carbocycles. The van der Waals surface area contributed by atoms with E-state index in [1.165, 1.54) is 46.4 Å². The van der Waals surface area contributed by atoms with Gasteiger partial charge in [0.15, 0.2) is 0 Å². The molecule has 0 saturated carbocycles. The number of allylic oxidation sites excluding steroid dienone is 1. The van der Waals surface area contributed by atoms with Crippen LogP contribution in [0.15, 0.2) is 109 Å². The Hall–Kier alpha value is -3.30. The monoisotopic (exact) mass is 493 g/mol. The Morgan fingerprint density at radius 2 is 1.36 bits per heavy atom. The summed E-state index contributed by atoms with van der Waals surface area (Å²) in [5.74, 6) is 3.10. The largest absolute Gasteiger partial charge is 0.494 e. The molecule has 0 atom stereocenters. The summed E-state index contributed by atoms with van der Waals surface area (Å²) in [5.41, 5.74) is 7.55. The van der Waals surface area contributed by atoms with Crippen molar-refractivity contribution in [3.05, 3.63) is 132 Å². The number of hydrogen-bond donors (Lipinski definition) is 0. The van der Waals surface area contributed by atoms with Gasteiger partial charge in [-0.2, -0.15) is 11.8 Å². The molecule has 0 amide bonds. The zero-order chi connectivity index (χ0) is 24.8. The van der Waals surface area contributed by atoms with Crippen molar-refractivity contribution in [2.24, 2.45) is 0 Å². The minimum atomic E-state index is 0.760. The Morgan fingerprint density at radius 1 is 0.694 bits per heavy atom. The van der Waals surface area contributed by atoms with E-state index in [9.17, 15) is 0 Å². The van der Waals surface area contributed by atoms with Crippen molar-refractivity contribution in [2.75, 3.05) is 12.4 Å². The molecule has 1 aromatic heterocycles. The van der Waals surface area contributed by atoms with Crippen molar-refractivity contribution < 1.29 is 4.74 Å². The van der Waals surface area contributed by atoms with Crippen LogP contribution in [0.5, 0.6) is 5.75 Å². The van der Waals surface area contributed by atoms with E-state index >= 15 is 0 Å². The third-order valence-corrected chi connectivity index (χ3v) is 7.24. The van der Waals surface area contributed by atoms with Gasteiger partial charge in [-0.05, 0) is 83.5 Å². The fraction of sp³-hybridized carbons (Fsp3) is 0.242. The van der Waals surface area contributed by atoms with Crippen molar-refractivity contribution in [2.45, 2.75) is 38.4 Å². The second-order valence-electron chi connectivity index (χ2n) is 8.75. The summed E-state index contributed by atoms with van der Waals surface area (Å²) < 4.78 is 6.06. The van der Waals surface area contributed by atoms with Crippen molar-refractivity contribution >= 4 is 22.9 Å². The quantitative estimate of drug-likeness (QED) is 0.137. The first kappa shape index (κ1) is 25.8. The van der Waals surface area contributed by atoms with Gasteiger partial charge in [-0.25, -0.2) is 0 Å². The maximum absolute atomic E-state index is 6.06. The van der Waals surface area contributed by atoms with Gasteiger partial charge in [0.05, 0.1) is 12.3 Å². The number of hydrogen-bond acceptors (Lipinski definition) is 3. The summed E-state index contributed by atoms with van der Waals surface area (Å²) in [5, 5.41) is 0. The lowest BCUT2D eigenvalue weighted by atomic mass is 9.88. The van der Waals surface area contributed by atoms with Crippen molar-refractivity contribution in [3.63, 3.8) is 0 Å². The molecule has 0 fully saturated rings. The number of unbranched alkanes of at least 4 members (excludes halogenated alkanes) is 2. The van der Waals surface area contributed by atoms with Gasteiger partial charge in [0.2, 0.25) is 0 Å². The molecule has 0 aliphatic rings. The number of aromatic nitrogens is 1. The number of ether oxygens (including phenoxy) is 1. The summed E-state index contributed by atoms with van der Waals surface area (Å²) in [6.45, 7) is 3.00. The minimum Gasteiger partial charge on any atom is -0.494 e. The number of nitrogens with zero attached hydrogens (tertiary/aromatic N) is 1. The van der Waals surface area contributed by atoms with Gasteiger partial charge in [-0.1, -0.05) is 85.8 Å². The molecule has 36 heavy (non-hydrogen) atoms. The van der Waals surface area contributed by atoms with Gasteiger partial charge in [-0.3, -0.25) is 4.98 Å². The van der Waals surface area contributed by atoms with Crippen molar-refractivity contribution in [3.8, 4) is 5.75 Å². The molecular formula is C33H35NOS. The zero-order valence-corrected chi connectivity index (χ0v) is 21.9. The highest BCUT2D eigenvalue weighted by Crippen LogP contribution is 2.34. The van der Waals surface area contributed by atoms with E-state index in [2.05, 4.69) is 109 Å². The maximum Gasteiger partial charge on any atom is 0.119 e. The molecule has 1 heterocycles. The summed E-state index contributed by atoms with van der Waals surface area (Å²) in [6, 6.07) is 36.1. The molecule has 0 saturated heterocycles. The van der Waals surface area contributed by atoms with E-state index in [0.717, 1.165) is 36.6 Å². The molecular weight excluding hydrogens is 458 g/mol. The van der Waals surface area contributed by atoms with Crippen molar-refractivity contribution in [1.29, 1.82) is 0 Å². The van der Waals surface area contributed by atoms with E-state index in [-0.39, 0.29) is 0 Å². The topological polar surface area (TPSA) is 22.1 Å². The van der Waals surface area contributed by atoms with E-state index in [1.807, 2.05) is 24.0 Å². The number of pyridine rings is 1. The van der Waals surface area contributed by atoms with Crippen molar-refractivity contribution in [1.82, 2.24) is 4.98 Å². The van der Waals surface area contributed by atoms with E-state index in [1.54, 1.807) is 0 Å². The van der Waals surface area contributed by atoms with Crippen LogP contribution >= 0.6 is 11.8 Å². The standard InChI is InChI=1S/C33H35NOS/c1-2-32(27-14-6-3-7-15-27)33(28-16-8-4-9-17-28)29-19-21-31(22-20-29)35-24-12-5-13-25-36-26-30-18-10-11-23-34-30/h3-4,6-11,14-23H,2,5,12-13,24-26H2,1H3. The van der Waals surface area contributed by atoms with E-state index in [0.29, 0.717) is 0 Å². The lowest BCUT2D eigenvalue weighted by molar-refractivity contribution is 0.306.